The van der Waals surface area contributed by atoms with Gasteiger partial charge in [-0.1, -0.05) is 0 Å². The van der Waals surface area contributed by atoms with Crippen molar-refractivity contribution >= 4 is 26.4 Å². The van der Waals surface area contributed by atoms with Gasteiger partial charge in [0, 0.05) is 12.5 Å². The Morgan fingerprint density at radius 3 is 2.14 bits per heavy atom. The van der Waals surface area contributed by atoms with Crippen LogP contribution >= 0.6 is 15.2 Å². The predicted octanol–water partition coefficient (Wildman–Crippen LogP) is -0.876. The Morgan fingerprint density at radius 2 is 1.61 bits per heavy atom. The number of hydrogen-bond acceptors (Lipinski definition) is 7. The van der Waals surface area contributed by atoms with Gasteiger partial charge in [-0.05, 0) is 0 Å². The van der Waals surface area contributed by atoms with E-state index in [0.29, 0.717) is 5.65 Å². The number of aromatic nitrogens is 4. The molecule has 0 bridgehead atoms. The predicted molar refractivity (Wildman–Crippen MR) is 97.1 cm³/mol. The van der Waals surface area contributed by atoms with Crippen LogP contribution in [0.5, 0.6) is 0 Å². The van der Waals surface area contributed by atoms with Crippen LogP contribution in [0.2, 0.25) is 0 Å². The molecule has 0 atom stereocenters. The second-order valence-electron chi connectivity index (χ2n) is 6.09. The zero-order valence-corrected chi connectivity index (χ0v) is 16.5. The maximum atomic E-state index is 11.7. The molecule has 13 nitrogen and oxygen atoms in total. The lowest BCUT2D eigenvalue weighted by Crippen LogP contribution is -2.23. The van der Waals surface area contributed by atoms with Gasteiger partial charge in [-0.3, -0.25) is 13.9 Å². The molecule has 2 aromatic rings. The van der Waals surface area contributed by atoms with Gasteiger partial charge in [-0.15, -0.1) is 0 Å². The number of nitrogens with one attached hydrogen (secondary N) is 1. The summed E-state index contributed by atoms with van der Waals surface area (Å²) >= 11 is 0. The van der Waals surface area contributed by atoms with Gasteiger partial charge in [0.05, 0.1) is 51.4 Å². The van der Waals surface area contributed by atoms with E-state index in [2.05, 4.69) is 15.0 Å². The molecule has 2 rings (SSSR count). The van der Waals surface area contributed by atoms with Gasteiger partial charge in [0.25, 0.3) is 5.56 Å². The average Bonchev–Trinajstić information content (AvgIpc) is 2.98. The summed E-state index contributed by atoms with van der Waals surface area (Å²) in [5.41, 5.74) is 0.112. The summed E-state index contributed by atoms with van der Waals surface area (Å²) in [5, 5.41) is 0. The maximum Gasteiger partial charge on any atom is 0.327 e. The molecule has 158 valence electrons. The lowest BCUT2D eigenvalue weighted by atomic mass is 10.2. The van der Waals surface area contributed by atoms with Crippen molar-refractivity contribution in [3.8, 4) is 0 Å². The number of imidazole rings is 1. The van der Waals surface area contributed by atoms with Gasteiger partial charge in [0.15, 0.2) is 11.2 Å². The Morgan fingerprint density at radius 1 is 1.04 bits per heavy atom. The van der Waals surface area contributed by atoms with E-state index in [1.165, 1.54) is 12.7 Å². The first-order chi connectivity index (χ1) is 13.1. The lowest BCUT2D eigenvalue weighted by Gasteiger charge is -2.18. The SMILES string of the molecule is O=c1[nH]cnc2c1ncn2CC(COCCP(=O)(O)O)COCCP(=O)(O)O. The second-order valence-corrected chi connectivity index (χ2v) is 9.65. The van der Waals surface area contributed by atoms with Crippen molar-refractivity contribution in [2.45, 2.75) is 6.54 Å². The van der Waals surface area contributed by atoms with E-state index < -0.39 is 33.1 Å². The normalized spacial score (nSPS) is 12.9. The quantitative estimate of drug-likeness (QED) is 0.203. The lowest BCUT2D eigenvalue weighted by molar-refractivity contribution is 0.0412. The Balaban J connectivity index is 1.99. The molecule has 0 aromatic carbocycles. The smallest absolute Gasteiger partial charge is 0.327 e. The summed E-state index contributed by atoms with van der Waals surface area (Å²) in [5.74, 6) is -0.341. The fourth-order valence-electron chi connectivity index (χ4n) is 2.32. The number of fused-ring (bicyclic) bond motifs is 1. The number of ether oxygens (including phenoxy) is 2. The highest BCUT2D eigenvalue weighted by molar-refractivity contribution is 7.52. The van der Waals surface area contributed by atoms with Gasteiger partial charge in [-0.2, -0.15) is 0 Å². The third-order valence-electron chi connectivity index (χ3n) is 3.62. The van der Waals surface area contributed by atoms with Gasteiger partial charge >= 0.3 is 15.2 Å². The first-order valence-electron chi connectivity index (χ1n) is 8.18. The Hall–Kier alpha value is -1.43. The van der Waals surface area contributed by atoms with Gasteiger partial charge in [0.2, 0.25) is 0 Å². The van der Waals surface area contributed by atoms with Crippen molar-refractivity contribution < 1.29 is 38.2 Å². The average molecular weight is 440 g/mol. The molecule has 0 unspecified atom stereocenters. The minimum atomic E-state index is -4.17. The van der Waals surface area contributed by atoms with Crippen molar-refractivity contribution in [3.05, 3.63) is 23.0 Å². The first kappa shape index (κ1) is 22.9. The minimum absolute atomic E-state index is 0.0682. The molecule has 2 aromatic heterocycles. The molecule has 28 heavy (non-hydrogen) atoms. The highest BCUT2D eigenvalue weighted by Gasteiger charge is 2.18. The van der Waals surface area contributed by atoms with Crippen LogP contribution in [0, 0.1) is 5.92 Å². The fraction of sp³-hybridized carbons (Fsp3) is 0.615. The Labute approximate surface area is 159 Å². The van der Waals surface area contributed by atoms with Gasteiger partial charge < -0.3 is 38.6 Å². The van der Waals surface area contributed by atoms with Crippen molar-refractivity contribution in [1.29, 1.82) is 0 Å². The zero-order valence-electron chi connectivity index (χ0n) is 14.7. The maximum absolute atomic E-state index is 11.7. The topological polar surface area (TPSA) is 197 Å². The number of nitrogens with zero attached hydrogens (tertiary/aromatic N) is 3. The molecule has 0 aliphatic heterocycles. The molecule has 2 heterocycles. The Bertz CT molecular complexity index is 888. The van der Waals surface area contributed by atoms with E-state index in [0.717, 1.165) is 0 Å². The highest BCUT2D eigenvalue weighted by Crippen LogP contribution is 2.34. The second kappa shape index (κ2) is 9.86. The molecular formula is C13H22N4O9P2. The monoisotopic (exact) mass is 440 g/mol. The van der Waals surface area contributed by atoms with Crippen LogP contribution in [-0.4, -0.2) is 77.8 Å². The molecule has 5 N–H and O–H groups in total. The fourth-order valence-corrected chi connectivity index (χ4v) is 3.06. The van der Waals surface area contributed by atoms with E-state index in [1.54, 1.807) is 4.57 Å². The van der Waals surface area contributed by atoms with E-state index in [1.807, 2.05) is 0 Å². The molecule has 0 radical (unpaired) electrons. The molecule has 0 amide bonds. The molecule has 0 spiro atoms. The van der Waals surface area contributed by atoms with Crippen LogP contribution in [0.15, 0.2) is 17.4 Å². The van der Waals surface area contributed by atoms with Crippen LogP contribution < -0.4 is 5.56 Å². The molecule has 0 saturated heterocycles. The van der Waals surface area contributed by atoms with Crippen LogP contribution in [0.1, 0.15) is 0 Å². The standard InChI is InChI=1S/C13H22N4O9P2/c18-13-11-12(14-8-15-13)17(9-16-11)5-10(6-25-1-3-27(19,20)21)7-26-2-4-28(22,23)24/h8-10H,1-7H2,(H,14,15,18)(H2,19,20,21)(H2,22,23,24). The van der Waals surface area contributed by atoms with E-state index in [4.69, 9.17) is 29.0 Å². The van der Waals surface area contributed by atoms with Crippen molar-refractivity contribution in [2.75, 3.05) is 38.8 Å². The van der Waals surface area contributed by atoms with Crippen molar-refractivity contribution in [2.24, 2.45) is 5.92 Å². The van der Waals surface area contributed by atoms with Crippen molar-refractivity contribution in [1.82, 2.24) is 19.5 Å². The molecular weight excluding hydrogens is 418 g/mol. The summed E-state index contributed by atoms with van der Waals surface area (Å²) in [6.07, 6.45) is 1.81. The summed E-state index contributed by atoms with van der Waals surface area (Å²) in [6, 6.07) is 0. The van der Waals surface area contributed by atoms with Crippen molar-refractivity contribution in [3.63, 3.8) is 0 Å². The molecule has 15 heteroatoms. The number of rotatable bonds is 12. The third-order valence-corrected chi connectivity index (χ3v) is 5.15. The molecule has 0 aliphatic carbocycles. The van der Waals surface area contributed by atoms with Crippen LogP contribution in [0.25, 0.3) is 11.2 Å². The zero-order chi connectivity index (χ0) is 20.8. The summed E-state index contributed by atoms with van der Waals surface area (Å²) in [6.45, 7) is 0.0774. The minimum Gasteiger partial charge on any atom is -0.380 e. The van der Waals surface area contributed by atoms with E-state index in [-0.39, 0.29) is 44.4 Å². The summed E-state index contributed by atoms with van der Waals surface area (Å²) < 4.78 is 34.0. The number of aromatic amines is 1. The van der Waals surface area contributed by atoms with E-state index >= 15 is 0 Å². The highest BCUT2D eigenvalue weighted by atomic mass is 31.2. The largest absolute Gasteiger partial charge is 0.380 e. The third kappa shape index (κ3) is 7.90. The molecule has 0 fully saturated rings. The Kier molecular flexibility index (Phi) is 8.05. The van der Waals surface area contributed by atoms with E-state index in [9.17, 15) is 13.9 Å². The van der Waals surface area contributed by atoms with Crippen LogP contribution in [0.3, 0.4) is 0 Å². The number of hydrogen-bond donors (Lipinski definition) is 5. The van der Waals surface area contributed by atoms with Gasteiger partial charge in [-0.25, -0.2) is 9.97 Å². The first-order valence-corrected chi connectivity index (χ1v) is 11.8. The van der Waals surface area contributed by atoms with Gasteiger partial charge in [0.1, 0.15) is 0 Å². The van der Waals surface area contributed by atoms with Crippen LogP contribution in [0.4, 0.5) is 0 Å². The van der Waals surface area contributed by atoms with Crippen LogP contribution in [-0.2, 0) is 25.1 Å². The molecule has 0 saturated carbocycles. The summed E-state index contributed by atoms with van der Waals surface area (Å²) in [7, 11) is -8.34. The molecule has 0 aliphatic rings. The number of H-pyrrole nitrogens is 1. The summed E-state index contributed by atoms with van der Waals surface area (Å²) in [4.78, 5) is 57.7.